The molecule has 0 amide bonds. The highest BCUT2D eigenvalue weighted by atomic mass is 16.2. The molecule has 1 aromatic heterocycles. The van der Waals surface area contributed by atoms with Gasteiger partial charge in [-0.25, -0.2) is 4.98 Å². The second-order valence-corrected chi connectivity index (χ2v) is 4.89. The molecule has 1 aliphatic carbocycles. The number of hydrogen-bond acceptors (Lipinski definition) is 5. The van der Waals surface area contributed by atoms with E-state index in [4.69, 9.17) is 12.6 Å². The standard InChI is InChI=1S/C15H15N3O3/c1-8-17-11-4-2-3-10(16)14(11)15(21)18(8)12-6-5-9(19)7-13(12)20/h2-4,12H,5-7,16H2,1H3/i1D2,2D,3D,4D. The molecule has 1 fully saturated rings. The van der Waals surface area contributed by atoms with Crippen molar-refractivity contribution in [2.24, 2.45) is 0 Å². The first-order chi connectivity index (χ1) is 12.1. The average molecular weight is 290 g/mol. The van der Waals surface area contributed by atoms with Crippen molar-refractivity contribution < 1.29 is 16.4 Å². The van der Waals surface area contributed by atoms with Gasteiger partial charge in [-0.15, -0.1) is 0 Å². The van der Waals surface area contributed by atoms with E-state index in [2.05, 4.69) is 4.98 Å². The third kappa shape index (κ3) is 2.12. The van der Waals surface area contributed by atoms with Crippen LogP contribution < -0.4 is 11.3 Å². The van der Waals surface area contributed by atoms with Crippen molar-refractivity contribution in [2.75, 3.05) is 5.73 Å². The smallest absolute Gasteiger partial charge is 0.264 e. The Hall–Kier alpha value is -2.50. The minimum absolute atomic E-state index is 0.0440. The van der Waals surface area contributed by atoms with E-state index >= 15 is 0 Å². The Kier molecular flexibility index (Phi) is 1.99. The number of aryl methyl sites for hydroxylation is 1. The van der Waals surface area contributed by atoms with Gasteiger partial charge in [0.15, 0.2) is 5.78 Å². The summed E-state index contributed by atoms with van der Waals surface area (Å²) in [6, 6.07) is -2.57. The summed E-state index contributed by atoms with van der Waals surface area (Å²) < 4.78 is 39.7. The van der Waals surface area contributed by atoms with E-state index in [-0.39, 0.29) is 47.5 Å². The number of rotatable bonds is 1. The highest BCUT2D eigenvalue weighted by Gasteiger charge is 2.30. The lowest BCUT2D eigenvalue weighted by Crippen LogP contribution is -2.36. The van der Waals surface area contributed by atoms with Gasteiger partial charge in [-0.1, -0.05) is 6.04 Å². The van der Waals surface area contributed by atoms with Crippen molar-refractivity contribution in [1.82, 2.24) is 9.55 Å². The van der Waals surface area contributed by atoms with Gasteiger partial charge in [0, 0.05) is 14.8 Å². The molecule has 1 aliphatic rings. The largest absolute Gasteiger partial charge is 0.398 e. The van der Waals surface area contributed by atoms with Gasteiger partial charge in [0.05, 0.1) is 27.5 Å². The molecule has 6 nitrogen and oxygen atoms in total. The number of nitrogens with two attached hydrogens (primary N) is 1. The van der Waals surface area contributed by atoms with Crippen molar-refractivity contribution in [1.29, 1.82) is 0 Å². The van der Waals surface area contributed by atoms with Crippen LogP contribution in [-0.2, 0) is 9.59 Å². The van der Waals surface area contributed by atoms with Crippen LogP contribution in [0.3, 0.4) is 0 Å². The monoisotopic (exact) mass is 290 g/mol. The SMILES string of the molecule is [2H]c1c([2H])c(N)c2c(=O)n(C3CCC(=O)CC3=O)c(C([2H])[2H])nc2c1[2H]. The van der Waals surface area contributed by atoms with Crippen LogP contribution in [0.15, 0.2) is 22.9 Å². The quantitative estimate of drug-likeness (QED) is 0.628. The molecule has 1 aromatic carbocycles. The third-order valence-corrected chi connectivity index (χ3v) is 3.54. The fourth-order valence-electron chi connectivity index (χ4n) is 2.54. The van der Waals surface area contributed by atoms with Crippen LogP contribution in [0, 0.1) is 6.88 Å². The fraction of sp³-hybridized carbons (Fsp3) is 0.333. The lowest BCUT2D eigenvalue weighted by Gasteiger charge is -2.24. The molecule has 108 valence electrons. The summed E-state index contributed by atoms with van der Waals surface area (Å²) in [7, 11) is 0. The lowest BCUT2D eigenvalue weighted by molar-refractivity contribution is -0.132. The Morgan fingerprint density at radius 2 is 2.24 bits per heavy atom. The number of aromatic nitrogens is 2. The minimum atomic E-state index is -1.73. The van der Waals surface area contributed by atoms with E-state index in [0.717, 1.165) is 4.57 Å². The van der Waals surface area contributed by atoms with Gasteiger partial charge in [-0.2, -0.15) is 0 Å². The van der Waals surface area contributed by atoms with Crippen molar-refractivity contribution in [3.05, 3.63) is 34.3 Å². The molecule has 0 radical (unpaired) electrons. The first kappa shape index (κ1) is 8.71. The molecule has 0 bridgehead atoms. The number of carbonyl (C=O) groups is 2. The normalized spacial score (nSPS) is 22.7. The Balaban J connectivity index is 2.41. The molecule has 6 heteroatoms. The first-order valence-electron chi connectivity index (χ1n) is 9.00. The van der Waals surface area contributed by atoms with E-state index in [1.54, 1.807) is 0 Å². The van der Waals surface area contributed by atoms with Crippen LogP contribution >= 0.6 is 0 Å². The van der Waals surface area contributed by atoms with Crippen LogP contribution in [0.1, 0.15) is 38.0 Å². The number of nitrogens with zero attached hydrogens (tertiary/aromatic N) is 2. The lowest BCUT2D eigenvalue weighted by atomic mass is 9.92. The molecule has 1 saturated carbocycles. The van der Waals surface area contributed by atoms with E-state index in [1.807, 2.05) is 0 Å². The van der Waals surface area contributed by atoms with Gasteiger partial charge in [-0.3, -0.25) is 19.0 Å². The van der Waals surface area contributed by atoms with E-state index in [9.17, 15) is 14.4 Å². The van der Waals surface area contributed by atoms with E-state index in [0.29, 0.717) is 0 Å². The average Bonchev–Trinajstić information content (AvgIpc) is 2.58. The maximum atomic E-state index is 13.0. The summed E-state index contributed by atoms with van der Waals surface area (Å²) in [4.78, 5) is 40.8. The highest BCUT2D eigenvalue weighted by Crippen LogP contribution is 2.24. The van der Waals surface area contributed by atoms with Crippen LogP contribution in [0.25, 0.3) is 10.9 Å². The van der Waals surface area contributed by atoms with Crippen LogP contribution in [0.5, 0.6) is 0 Å². The number of fused-ring (bicyclic) bond motifs is 1. The fourth-order valence-corrected chi connectivity index (χ4v) is 2.54. The Labute approximate surface area is 127 Å². The predicted octanol–water partition coefficient (Wildman–Crippen LogP) is 1.15. The summed E-state index contributed by atoms with van der Waals surface area (Å²) >= 11 is 0. The molecule has 2 N–H and O–H groups in total. The zero-order chi connectivity index (χ0) is 19.3. The Bertz CT molecular complexity index is 1020. The van der Waals surface area contributed by atoms with Crippen molar-refractivity contribution >= 4 is 28.2 Å². The number of hydrogen-bond donors (Lipinski definition) is 1. The van der Waals surface area contributed by atoms with Gasteiger partial charge in [0.1, 0.15) is 11.6 Å². The van der Waals surface area contributed by atoms with Crippen LogP contribution in [0.2, 0.25) is 0 Å². The third-order valence-electron chi connectivity index (χ3n) is 3.54. The number of anilines is 1. The number of carbonyl (C=O) groups excluding carboxylic acids is 2. The second kappa shape index (κ2) is 4.80. The highest BCUT2D eigenvalue weighted by molar-refractivity contribution is 6.03. The maximum absolute atomic E-state index is 13.0. The molecule has 0 saturated heterocycles. The van der Waals surface area contributed by atoms with Crippen molar-refractivity contribution in [2.45, 2.75) is 32.2 Å². The number of benzene rings is 1. The summed E-state index contributed by atoms with van der Waals surface area (Å²) in [5.74, 6) is -1.12. The molecule has 21 heavy (non-hydrogen) atoms. The Morgan fingerprint density at radius 3 is 2.95 bits per heavy atom. The first-order valence-corrected chi connectivity index (χ1v) is 6.35. The van der Waals surface area contributed by atoms with Crippen LogP contribution in [0.4, 0.5) is 5.69 Å². The topological polar surface area (TPSA) is 95.0 Å². The molecule has 2 aromatic rings. The molecule has 0 aliphatic heterocycles. The molecular weight excluding hydrogens is 270 g/mol. The van der Waals surface area contributed by atoms with Gasteiger partial charge < -0.3 is 5.73 Å². The second-order valence-electron chi connectivity index (χ2n) is 4.89. The number of ketones is 2. The summed E-state index contributed by atoms with van der Waals surface area (Å²) in [5.41, 5.74) is 4.33. The van der Waals surface area contributed by atoms with E-state index in [1.165, 1.54) is 0 Å². The molecule has 1 heterocycles. The Morgan fingerprint density at radius 1 is 1.43 bits per heavy atom. The zero-order valence-corrected chi connectivity index (χ0v) is 11.0. The maximum Gasteiger partial charge on any atom is 0.264 e. The molecule has 3 rings (SSSR count). The van der Waals surface area contributed by atoms with Gasteiger partial charge in [-0.05, 0) is 25.4 Å². The van der Waals surface area contributed by atoms with Crippen molar-refractivity contribution in [3.63, 3.8) is 0 Å². The van der Waals surface area contributed by atoms with E-state index < -0.39 is 42.4 Å². The number of nitrogen functional groups attached to an aromatic ring is 1. The minimum Gasteiger partial charge on any atom is -0.398 e. The van der Waals surface area contributed by atoms with Crippen LogP contribution in [-0.4, -0.2) is 21.1 Å². The molecule has 0 spiro atoms. The summed E-state index contributed by atoms with van der Waals surface area (Å²) in [5, 5.41) is -0.287. The predicted molar refractivity (Wildman–Crippen MR) is 78.1 cm³/mol. The molecule has 1 atom stereocenters. The van der Waals surface area contributed by atoms with Crippen molar-refractivity contribution in [3.8, 4) is 0 Å². The summed E-state index contributed by atoms with van der Waals surface area (Å²) in [6.07, 6.45) is -0.221. The molecular formula is C15H15N3O3. The number of Topliss-reactive ketones (excluding diaryl/α,β-unsaturated/α-hetero) is 2. The molecule has 1 unspecified atom stereocenters. The summed E-state index contributed by atoms with van der Waals surface area (Å²) in [6.45, 7) is -1.73. The van der Waals surface area contributed by atoms with Gasteiger partial charge in [0.2, 0.25) is 0 Å². The zero-order valence-electron chi connectivity index (χ0n) is 16.0. The van der Waals surface area contributed by atoms with Gasteiger partial charge >= 0.3 is 0 Å². The van der Waals surface area contributed by atoms with Gasteiger partial charge in [0.25, 0.3) is 5.56 Å².